The highest BCUT2D eigenvalue weighted by Crippen LogP contribution is 2.24. The molecule has 1 heterocycles. The van der Waals surface area contributed by atoms with Crippen molar-refractivity contribution in [3.8, 4) is 0 Å². The predicted molar refractivity (Wildman–Crippen MR) is 67.7 cm³/mol. The Balaban J connectivity index is 2.18. The summed E-state index contributed by atoms with van der Waals surface area (Å²) in [6, 6.07) is 2.11. The molecule has 2 rings (SSSR count). The predicted octanol–water partition coefficient (Wildman–Crippen LogP) is 1.99. The van der Waals surface area contributed by atoms with Crippen LogP contribution in [-0.4, -0.2) is 28.9 Å². The molecule has 0 aromatic carbocycles. The van der Waals surface area contributed by atoms with Gasteiger partial charge in [0, 0.05) is 30.7 Å². The maximum absolute atomic E-state index is 12.3. The summed E-state index contributed by atoms with van der Waals surface area (Å²) in [7, 11) is 1.86. The molecule has 1 fully saturated rings. The van der Waals surface area contributed by atoms with E-state index in [1.54, 1.807) is 12.3 Å². The second-order valence-corrected chi connectivity index (χ2v) is 4.77. The van der Waals surface area contributed by atoms with E-state index in [9.17, 15) is 4.79 Å². The van der Waals surface area contributed by atoms with Crippen molar-refractivity contribution in [2.24, 2.45) is 0 Å². The molecule has 0 bridgehead atoms. The highest BCUT2D eigenvalue weighted by molar-refractivity contribution is 5.98. The van der Waals surface area contributed by atoms with E-state index >= 15 is 0 Å². The Labute approximate surface area is 102 Å². The molecule has 1 aliphatic carbocycles. The number of pyridine rings is 1. The Bertz CT molecular complexity index is 425. The van der Waals surface area contributed by atoms with Crippen LogP contribution in [0.3, 0.4) is 0 Å². The fraction of sp³-hybridized carbons (Fsp3) is 0.538. The zero-order valence-electron chi connectivity index (χ0n) is 10.4. The first-order valence-electron chi connectivity index (χ1n) is 6.09. The number of nitrogens with two attached hydrogens (primary N) is 1. The zero-order valence-corrected chi connectivity index (χ0v) is 10.4. The van der Waals surface area contributed by atoms with Crippen molar-refractivity contribution in [3.63, 3.8) is 0 Å². The number of rotatable bonds is 2. The third kappa shape index (κ3) is 2.40. The molecule has 4 heteroatoms. The Kier molecular flexibility index (Phi) is 3.31. The van der Waals surface area contributed by atoms with E-state index in [1.165, 1.54) is 12.8 Å². The van der Waals surface area contributed by atoms with Gasteiger partial charge in [0.05, 0.1) is 5.56 Å². The van der Waals surface area contributed by atoms with Crippen LogP contribution in [0.25, 0.3) is 0 Å². The van der Waals surface area contributed by atoms with Gasteiger partial charge < -0.3 is 10.6 Å². The third-order valence-corrected chi connectivity index (χ3v) is 3.50. The molecule has 4 nitrogen and oxygen atoms in total. The van der Waals surface area contributed by atoms with E-state index in [2.05, 4.69) is 4.98 Å². The molecule has 0 aliphatic heterocycles. The van der Waals surface area contributed by atoms with Crippen LogP contribution in [0.2, 0.25) is 0 Å². The molecule has 0 spiro atoms. The van der Waals surface area contributed by atoms with Crippen LogP contribution in [0.4, 0.5) is 5.69 Å². The summed E-state index contributed by atoms with van der Waals surface area (Å²) in [5.74, 6) is -0.0121. The van der Waals surface area contributed by atoms with Gasteiger partial charge in [-0.3, -0.25) is 9.78 Å². The summed E-state index contributed by atoms with van der Waals surface area (Å²) in [4.78, 5) is 18.2. The topological polar surface area (TPSA) is 59.2 Å². The SMILES string of the molecule is Cc1cc(N)c(C(=O)N(C)C2CCCC2)cn1. The van der Waals surface area contributed by atoms with Crippen LogP contribution in [0.5, 0.6) is 0 Å². The fourth-order valence-corrected chi connectivity index (χ4v) is 2.41. The van der Waals surface area contributed by atoms with E-state index in [4.69, 9.17) is 5.73 Å². The average molecular weight is 233 g/mol. The van der Waals surface area contributed by atoms with Crippen LogP contribution in [-0.2, 0) is 0 Å². The summed E-state index contributed by atoms with van der Waals surface area (Å²) in [6.07, 6.45) is 6.20. The standard InChI is InChI=1S/C13H19N3O/c1-9-7-12(14)11(8-15-9)13(17)16(2)10-5-3-4-6-10/h7-8,10H,3-6H2,1-2H3,(H2,14,15). The van der Waals surface area contributed by atoms with E-state index in [1.807, 2.05) is 18.9 Å². The summed E-state index contributed by atoms with van der Waals surface area (Å²) in [6.45, 7) is 1.87. The van der Waals surface area contributed by atoms with Gasteiger partial charge in [-0.1, -0.05) is 12.8 Å². The molecule has 1 amide bonds. The van der Waals surface area contributed by atoms with Crippen molar-refractivity contribution < 1.29 is 4.79 Å². The molecule has 0 saturated heterocycles. The molecule has 0 atom stereocenters. The van der Waals surface area contributed by atoms with Crippen molar-refractivity contribution in [2.45, 2.75) is 38.6 Å². The molecule has 92 valence electrons. The maximum atomic E-state index is 12.3. The Hall–Kier alpha value is -1.58. The molecule has 0 unspecified atom stereocenters. The summed E-state index contributed by atoms with van der Waals surface area (Å²) >= 11 is 0. The van der Waals surface area contributed by atoms with Gasteiger partial charge in [0.15, 0.2) is 0 Å². The molecule has 0 radical (unpaired) electrons. The fourth-order valence-electron chi connectivity index (χ4n) is 2.41. The Morgan fingerprint density at radius 1 is 1.47 bits per heavy atom. The Morgan fingerprint density at radius 2 is 2.12 bits per heavy atom. The van der Waals surface area contributed by atoms with Gasteiger partial charge >= 0.3 is 0 Å². The smallest absolute Gasteiger partial charge is 0.257 e. The minimum Gasteiger partial charge on any atom is -0.398 e. The number of aryl methyl sites for hydroxylation is 1. The number of carbonyl (C=O) groups is 1. The van der Waals surface area contributed by atoms with Crippen molar-refractivity contribution in [1.82, 2.24) is 9.88 Å². The highest BCUT2D eigenvalue weighted by atomic mass is 16.2. The molecular formula is C13H19N3O. The second kappa shape index (κ2) is 4.73. The molecule has 2 N–H and O–H groups in total. The number of anilines is 1. The first-order chi connectivity index (χ1) is 8.09. The van der Waals surface area contributed by atoms with Gasteiger partial charge in [-0.15, -0.1) is 0 Å². The van der Waals surface area contributed by atoms with Crippen LogP contribution in [0.15, 0.2) is 12.3 Å². The van der Waals surface area contributed by atoms with E-state index < -0.39 is 0 Å². The van der Waals surface area contributed by atoms with E-state index in [0.29, 0.717) is 17.3 Å². The monoisotopic (exact) mass is 233 g/mol. The van der Waals surface area contributed by atoms with Gasteiger partial charge in [-0.25, -0.2) is 0 Å². The van der Waals surface area contributed by atoms with Crippen LogP contribution in [0, 0.1) is 6.92 Å². The maximum Gasteiger partial charge on any atom is 0.257 e. The number of amides is 1. The van der Waals surface area contributed by atoms with Crippen LogP contribution in [0.1, 0.15) is 41.7 Å². The van der Waals surface area contributed by atoms with Gasteiger partial charge in [-0.2, -0.15) is 0 Å². The highest BCUT2D eigenvalue weighted by Gasteiger charge is 2.25. The van der Waals surface area contributed by atoms with Gasteiger partial charge in [0.25, 0.3) is 5.91 Å². The molecule has 1 saturated carbocycles. The Morgan fingerprint density at radius 3 is 2.71 bits per heavy atom. The lowest BCUT2D eigenvalue weighted by Crippen LogP contribution is -2.35. The number of aromatic nitrogens is 1. The number of hydrogen-bond acceptors (Lipinski definition) is 3. The summed E-state index contributed by atoms with van der Waals surface area (Å²) in [5.41, 5.74) is 7.75. The molecule has 1 aliphatic rings. The number of hydrogen-bond donors (Lipinski definition) is 1. The minimum absolute atomic E-state index is 0.0121. The largest absolute Gasteiger partial charge is 0.398 e. The lowest BCUT2D eigenvalue weighted by Gasteiger charge is -2.24. The van der Waals surface area contributed by atoms with Crippen LogP contribution < -0.4 is 5.73 Å². The van der Waals surface area contributed by atoms with Crippen molar-refractivity contribution >= 4 is 11.6 Å². The van der Waals surface area contributed by atoms with Gasteiger partial charge in [0.1, 0.15) is 0 Å². The zero-order chi connectivity index (χ0) is 12.4. The number of carbonyl (C=O) groups excluding carboxylic acids is 1. The van der Waals surface area contributed by atoms with Crippen molar-refractivity contribution in [3.05, 3.63) is 23.5 Å². The van der Waals surface area contributed by atoms with Crippen molar-refractivity contribution in [2.75, 3.05) is 12.8 Å². The molecular weight excluding hydrogens is 214 g/mol. The minimum atomic E-state index is -0.0121. The first kappa shape index (κ1) is 11.9. The van der Waals surface area contributed by atoms with E-state index in [0.717, 1.165) is 18.5 Å². The van der Waals surface area contributed by atoms with Crippen LogP contribution >= 0.6 is 0 Å². The quantitative estimate of drug-likeness (QED) is 0.849. The third-order valence-electron chi connectivity index (χ3n) is 3.50. The molecule has 1 aromatic rings. The summed E-state index contributed by atoms with van der Waals surface area (Å²) < 4.78 is 0. The number of nitrogens with zero attached hydrogens (tertiary/aromatic N) is 2. The second-order valence-electron chi connectivity index (χ2n) is 4.77. The lowest BCUT2D eigenvalue weighted by atomic mass is 10.1. The lowest BCUT2D eigenvalue weighted by molar-refractivity contribution is 0.0736. The van der Waals surface area contributed by atoms with E-state index in [-0.39, 0.29) is 5.91 Å². The normalized spacial score (nSPS) is 16.1. The van der Waals surface area contributed by atoms with Gasteiger partial charge in [0.2, 0.25) is 0 Å². The summed E-state index contributed by atoms with van der Waals surface area (Å²) in [5, 5.41) is 0. The first-order valence-corrected chi connectivity index (χ1v) is 6.09. The molecule has 1 aromatic heterocycles. The average Bonchev–Trinajstić information content (AvgIpc) is 2.80. The number of nitrogen functional groups attached to an aromatic ring is 1. The van der Waals surface area contributed by atoms with Crippen molar-refractivity contribution in [1.29, 1.82) is 0 Å². The van der Waals surface area contributed by atoms with Gasteiger partial charge in [-0.05, 0) is 25.8 Å². The molecule has 17 heavy (non-hydrogen) atoms.